The van der Waals surface area contributed by atoms with Crippen molar-refractivity contribution in [3.05, 3.63) is 35.5 Å². The third-order valence-corrected chi connectivity index (χ3v) is 4.48. The van der Waals surface area contributed by atoms with Gasteiger partial charge in [-0.25, -0.2) is 4.79 Å². The molecular formula is C17H23ClN2O2. The number of nitrogens with two attached hydrogens (primary N) is 1. The fraction of sp³-hybridized carbons (Fsp3) is 0.471. The van der Waals surface area contributed by atoms with Crippen LogP contribution in [0.1, 0.15) is 43.5 Å². The van der Waals surface area contributed by atoms with Crippen LogP contribution < -0.4 is 17.7 Å². The second-order valence-corrected chi connectivity index (χ2v) is 5.84. The number of para-hydroxylation sites is 1. The molecule has 2 unspecified atom stereocenters. The number of carbonyl (C=O) groups is 1. The Labute approximate surface area is 137 Å². The van der Waals surface area contributed by atoms with Crippen LogP contribution in [0.4, 0.5) is 0 Å². The highest BCUT2D eigenvalue weighted by Gasteiger charge is 2.36. The molecule has 3 rings (SSSR count). The van der Waals surface area contributed by atoms with Crippen molar-refractivity contribution >= 4 is 16.9 Å². The largest absolute Gasteiger partial charge is 1.00 e. The van der Waals surface area contributed by atoms with Gasteiger partial charge in [-0.3, -0.25) is 0 Å². The van der Waals surface area contributed by atoms with Gasteiger partial charge < -0.3 is 27.4 Å². The first kappa shape index (κ1) is 16.8. The number of quaternary nitrogens is 1. The Kier molecular flexibility index (Phi) is 5.48. The maximum Gasteiger partial charge on any atom is 0.364 e. The van der Waals surface area contributed by atoms with E-state index in [0.717, 1.165) is 12.8 Å². The number of hydrogen-bond donors (Lipinski definition) is 2. The smallest absolute Gasteiger partial charge is 0.364 e. The minimum absolute atomic E-state index is 0. The number of halogens is 1. The third-order valence-electron chi connectivity index (χ3n) is 4.48. The summed E-state index contributed by atoms with van der Waals surface area (Å²) in [5.74, 6) is -0.118. The van der Waals surface area contributed by atoms with E-state index in [2.05, 4.69) is 35.4 Å². The zero-order valence-electron chi connectivity index (χ0n) is 13.1. The van der Waals surface area contributed by atoms with Gasteiger partial charge in [-0.1, -0.05) is 31.5 Å². The molecule has 2 atom stereocenters. The van der Waals surface area contributed by atoms with Gasteiger partial charge >= 0.3 is 5.97 Å². The van der Waals surface area contributed by atoms with Gasteiger partial charge in [0, 0.05) is 23.7 Å². The molecule has 4 nitrogen and oxygen atoms in total. The molecule has 2 aromatic rings. The summed E-state index contributed by atoms with van der Waals surface area (Å²) in [6, 6.07) is 8.56. The number of fused-ring (bicyclic) bond motifs is 3. The molecule has 0 bridgehead atoms. The van der Waals surface area contributed by atoms with E-state index in [1.165, 1.54) is 42.1 Å². The number of aromatic amines is 1. The van der Waals surface area contributed by atoms with Gasteiger partial charge in [0.05, 0.1) is 12.8 Å². The molecule has 0 saturated carbocycles. The first-order chi connectivity index (χ1) is 10.2. The molecule has 0 saturated heterocycles. The minimum atomic E-state index is -0.122. The molecule has 0 fully saturated rings. The van der Waals surface area contributed by atoms with Crippen LogP contribution in [0.2, 0.25) is 0 Å². The van der Waals surface area contributed by atoms with Crippen molar-refractivity contribution in [3.63, 3.8) is 0 Å². The van der Waals surface area contributed by atoms with Crippen LogP contribution in [-0.4, -0.2) is 24.1 Å². The van der Waals surface area contributed by atoms with Crippen molar-refractivity contribution in [3.8, 4) is 0 Å². The van der Waals surface area contributed by atoms with E-state index in [0.29, 0.717) is 6.04 Å². The number of aromatic nitrogens is 1. The number of carbonyl (C=O) groups excluding carboxylic acids is 1. The number of esters is 1. The van der Waals surface area contributed by atoms with Gasteiger partial charge in [0.2, 0.25) is 0 Å². The molecule has 120 valence electrons. The number of unbranched alkanes of at least 4 members (excludes halogenated alkanes) is 1. The molecule has 22 heavy (non-hydrogen) atoms. The number of hydrogen-bond acceptors (Lipinski definition) is 2. The number of nitrogens with one attached hydrogen (secondary N) is 1. The second kappa shape index (κ2) is 7.16. The third kappa shape index (κ3) is 2.99. The first-order valence-electron chi connectivity index (χ1n) is 7.77. The minimum Gasteiger partial charge on any atom is -1.00 e. The molecule has 1 aliphatic heterocycles. The number of ether oxygens (including phenoxy) is 1. The molecule has 0 spiro atoms. The molecule has 0 aliphatic carbocycles. The van der Waals surface area contributed by atoms with E-state index in [4.69, 9.17) is 4.74 Å². The Bertz CT molecular complexity index is 653. The second-order valence-electron chi connectivity index (χ2n) is 5.84. The normalized spacial score (nSPS) is 20.3. The first-order valence-corrected chi connectivity index (χ1v) is 7.77. The van der Waals surface area contributed by atoms with Crippen LogP contribution in [0.3, 0.4) is 0 Å². The fourth-order valence-corrected chi connectivity index (χ4v) is 3.40. The van der Waals surface area contributed by atoms with Gasteiger partial charge in [-0.2, -0.15) is 0 Å². The average molecular weight is 323 g/mol. The molecule has 1 aliphatic rings. The lowest BCUT2D eigenvalue weighted by Crippen LogP contribution is -3.00. The van der Waals surface area contributed by atoms with E-state index in [-0.39, 0.29) is 24.4 Å². The maximum atomic E-state index is 12.0. The molecule has 0 amide bonds. The predicted molar refractivity (Wildman–Crippen MR) is 82.0 cm³/mol. The SMILES string of the molecule is CCCCC1[NH2+]C(C(=O)OC)Cc2c1[nH]c1ccccc21.[Cl-]. The standard InChI is InChI=1S/C17H22N2O2.ClH/c1-3-4-8-14-16-12(10-15(18-14)17(20)21-2)11-7-5-6-9-13(11)19-16;/h5-7,9,14-15,18-19H,3-4,8,10H2,1-2H3;1H. The summed E-state index contributed by atoms with van der Waals surface area (Å²) < 4.78 is 4.97. The highest BCUT2D eigenvalue weighted by molar-refractivity contribution is 5.86. The van der Waals surface area contributed by atoms with Crippen LogP contribution in [0.5, 0.6) is 0 Å². The van der Waals surface area contributed by atoms with Crippen molar-refractivity contribution in [2.45, 2.75) is 44.7 Å². The van der Waals surface area contributed by atoms with Crippen molar-refractivity contribution in [2.24, 2.45) is 0 Å². The highest BCUT2D eigenvalue weighted by atomic mass is 35.5. The summed E-state index contributed by atoms with van der Waals surface area (Å²) in [7, 11) is 1.47. The lowest BCUT2D eigenvalue weighted by atomic mass is 9.91. The molecule has 2 heterocycles. The lowest BCUT2D eigenvalue weighted by molar-refractivity contribution is -0.722. The van der Waals surface area contributed by atoms with E-state index in [1.54, 1.807) is 0 Å². The van der Waals surface area contributed by atoms with E-state index in [1.807, 2.05) is 6.07 Å². The number of rotatable bonds is 4. The Morgan fingerprint density at radius 1 is 1.41 bits per heavy atom. The quantitative estimate of drug-likeness (QED) is 0.714. The summed E-state index contributed by atoms with van der Waals surface area (Å²) in [5, 5.41) is 3.43. The summed E-state index contributed by atoms with van der Waals surface area (Å²) in [6.45, 7) is 2.20. The zero-order chi connectivity index (χ0) is 14.8. The van der Waals surface area contributed by atoms with Gasteiger partial charge in [0.25, 0.3) is 0 Å². The predicted octanol–water partition coefficient (Wildman–Crippen LogP) is -0.936. The van der Waals surface area contributed by atoms with Gasteiger partial charge in [0.15, 0.2) is 6.04 Å². The van der Waals surface area contributed by atoms with E-state index in [9.17, 15) is 4.79 Å². The van der Waals surface area contributed by atoms with Crippen LogP contribution in [-0.2, 0) is 16.0 Å². The summed E-state index contributed by atoms with van der Waals surface area (Å²) in [5.41, 5.74) is 3.76. The summed E-state index contributed by atoms with van der Waals surface area (Å²) in [6.07, 6.45) is 4.17. The van der Waals surface area contributed by atoms with Crippen molar-refractivity contribution < 1.29 is 27.3 Å². The molecule has 1 aromatic heterocycles. The monoisotopic (exact) mass is 322 g/mol. The Morgan fingerprint density at radius 3 is 2.91 bits per heavy atom. The zero-order valence-corrected chi connectivity index (χ0v) is 13.8. The van der Waals surface area contributed by atoms with Crippen LogP contribution in [0.15, 0.2) is 24.3 Å². The molecule has 0 radical (unpaired) electrons. The summed E-state index contributed by atoms with van der Waals surface area (Å²) >= 11 is 0. The Balaban J connectivity index is 0.00000176. The number of H-pyrrole nitrogens is 1. The van der Waals surface area contributed by atoms with Crippen LogP contribution in [0.25, 0.3) is 10.9 Å². The van der Waals surface area contributed by atoms with Crippen LogP contribution in [0, 0.1) is 0 Å². The lowest BCUT2D eigenvalue weighted by Gasteiger charge is -2.26. The topological polar surface area (TPSA) is 58.7 Å². The molecule has 5 heteroatoms. The van der Waals surface area contributed by atoms with Gasteiger partial charge in [-0.05, 0) is 18.1 Å². The summed E-state index contributed by atoms with van der Waals surface area (Å²) in [4.78, 5) is 15.6. The van der Waals surface area contributed by atoms with Crippen LogP contribution >= 0.6 is 0 Å². The molecular weight excluding hydrogens is 300 g/mol. The average Bonchev–Trinajstić information content (AvgIpc) is 2.90. The highest BCUT2D eigenvalue weighted by Crippen LogP contribution is 2.30. The number of benzene rings is 1. The molecule has 3 N–H and O–H groups in total. The van der Waals surface area contributed by atoms with Crippen molar-refractivity contribution in [1.29, 1.82) is 0 Å². The molecule has 1 aromatic carbocycles. The van der Waals surface area contributed by atoms with Crippen molar-refractivity contribution in [1.82, 2.24) is 4.98 Å². The fourth-order valence-electron chi connectivity index (χ4n) is 3.40. The Hall–Kier alpha value is -1.52. The van der Waals surface area contributed by atoms with E-state index < -0.39 is 0 Å². The Morgan fingerprint density at radius 2 is 2.18 bits per heavy atom. The van der Waals surface area contributed by atoms with Gasteiger partial charge in [0.1, 0.15) is 6.04 Å². The van der Waals surface area contributed by atoms with E-state index >= 15 is 0 Å². The maximum absolute atomic E-state index is 12.0. The number of methoxy groups -OCH3 is 1. The van der Waals surface area contributed by atoms with Crippen molar-refractivity contribution in [2.75, 3.05) is 7.11 Å². The van der Waals surface area contributed by atoms with Gasteiger partial charge in [-0.15, -0.1) is 0 Å².